The summed E-state index contributed by atoms with van der Waals surface area (Å²) in [5.41, 5.74) is 0.0579. The monoisotopic (exact) mass is 340 g/mol. The Balaban J connectivity index is 1.50. The molecule has 0 saturated heterocycles. The molecule has 2 N–H and O–H groups in total. The average molecular weight is 340 g/mol. The Labute approximate surface area is 145 Å². The maximum Gasteiger partial charge on any atom is 0.315 e. The molecular weight excluding hydrogens is 307 g/mol. The van der Waals surface area contributed by atoms with Gasteiger partial charge in [-0.3, -0.25) is 4.79 Å². The third kappa shape index (κ3) is 6.06. The number of Topliss-reactive ketones (excluding diaryl/α,β-unsaturated/α-hetero) is 1. The zero-order chi connectivity index (χ0) is 17.6. The number of rotatable bonds is 11. The van der Waals surface area contributed by atoms with Crippen molar-refractivity contribution in [3.05, 3.63) is 0 Å². The minimum Gasteiger partial charge on any atom is -0.338 e. The lowest BCUT2D eigenvalue weighted by molar-refractivity contribution is -0.121. The Hall–Kier alpha value is -1.13. The maximum atomic E-state index is 13.1. The Morgan fingerprint density at radius 1 is 1.21 bits per heavy atom. The van der Waals surface area contributed by atoms with Gasteiger partial charge in [-0.1, -0.05) is 26.2 Å². The summed E-state index contributed by atoms with van der Waals surface area (Å²) < 4.78 is 13.1. The van der Waals surface area contributed by atoms with Crippen LogP contribution in [0.1, 0.15) is 78.1 Å². The zero-order valence-corrected chi connectivity index (χ0v) is 15.2. The highest BCUT2D eigenvalue weighted by atomic mass is 19.1. The molecule has 2 aliphatic carbocycles. The van der Waals surface area contributed by atoms with Crippen LogP contribution in [0.3, 0.4) is 0 Å². The van der Waals surface area contributed by atoms with Crippen molar-refractivity contribution >= 4 is 11.8 Å². The smallest absolute Gasteiger partial charge is 0.315 e. The number of hydrogen-bond donors (Lipinski definition) is 2. The Bertz CT molecular complexity index is 437. The molecule has 0 spiro atoms. The molecule has 138 valence electrons. The van der Waals surface area contributed by atoms with Crippen molar-refractivity contribution in [2.45, 2.75) is 89.8 Å². The molecular formula is C19H33FN2O2. The summed E-state index contributed by atoms with van der Waals surface area (Å²) in [7, 11) is 0. The van der Waals surface area contributed by atoms with Gasteiger partial charge in [0.2, 0.25) is 0 Å². The van der Waals surface area contributed by atoms with Gasteiger partial charge in [-0.25, -0.2) is 9.18 Å². The molecule has 5 heteroatoms. The van der Waals surface area contributed by atoms with Crippen LogP contribution < -0.4 is 10.6 Å². The first-order valence-electron chi connectivity index (χ1n) is 9.62. The zero-order valence-electron chi connectivity index (χ0n) is 15.2. The first kappa shape index (κ1) is 19.2. The van der Waals surface area contributed by atoms with E-state index in [-0.39, 0.29) is 17.4 Å². The molecule has 0 bridgehead atoms. The second kappa shape index (κ2) is 8.82. The highest BCUT2D eigenvalue weighted by Crippen LogP contribution is 2.48. The van der Waals surface area contributed by atoms with Crippen molar-refractivity contribution in [2.75, 3.05) is 6.54 Å². The lowest BCUT2D eigenvalue weighted by Gasteiger charge is -2.43. The van der Waals surface area contributed by atoms with Gasteiger partial charge < -0.3 is 10.6 Å². The van der Waals surface area contributed by atoms with Gasteiger partial charge in [0.15, 0.2) is 12.0 Å². The van der Waals surface area contributed by atoms with Gasteiger partial charge in [-0.05, 0) is 63.7 Å². The number of halogens is 1. The lowest BCUT2D eigenvalue weighted by Crippen LogP contribution is -2.56. The van der Waals surface area contributed by atoms with E-state index in [0.717, 1.165) is 56.8 Å². The predicted molar refractivity (Wildman–Crippen MR) is 93.7 cm³/mol. The summed E-state index contributed by atoms with van der Waals surface area (Å²) in [6.07, 6.45) is 8.41. The topological polar surface area (TPSA) is 58.2 Å². The van der Waals surface area contributed by atoms with Crippen LogP contribution in [0.5, 0.6) is 0 Å². The first-order chi connectivity index (χ1) is 11.4. The summed E-state index contributed by atoms with van der Waals surface area (Å²) in [6, 6.07) is -0.0385. The molecule has 2 unspecified atom stereocenters. The van der Waals surface area contributed by atoms with E-state index in [2.05, 4.69) is 17.6 Å². The van der Waals surface area contributed by atoms with Gasteiger partial charge in [0.25, 0.3) is 0 Å². The van der Waals surface area contributed by atoms with Gasteiger partial charge in [0.05, 0.1) is 0 Å². The molecule has 2 rings (SSSR count). The minimum absolute atomic E-state index is 0.0385. The Kier molecular flexibility index (Phi) is 7.05. The van der Waals surface area contributed by atoms with Gasteiger partial charge in [0, 0.05) is 12.1 Å². The van der Waals surface area contributed by atoms with E-state index >= 15 is 0 Å². The normalized spacial score (nSPS) is 25.5. The van der Waals surface area contributed by atoms with E-state index in [9.17, 15) is 14.0 Å². The molecule has 24 heavy (non-hydrogen) atoms. The first-order valence-corrected chi connectivity index (χ1v) is 9.62. The van der Waals surface area contributed by atoms with Gasteiger partial charge in [-0.15, -0.1) is 0 Å². The number of carbonyl (C=O) groups excluding carboxylic acids is 2. The number of unbranched alkanes of at least 4 members (excludes halogenated alkanes) is 3. The standard InChI is InChI=1S/C19H33FN2O2/c1-14-12-16(14)13-19(9-7-10-19)22-18(24)21-11-6-4-3-5-8-17(20)15(2)23/h14,16-17H,3-13H2,1-2H3,(H2,21,22,24)/t14-,16?,17?/m0/s1. The van der Waals surface area contributed by atoms with E-state index in [4.69, 9.17) is 0 Å². The van der Waals surface area contributed by atoms with Crippen LogP contribution >= 0.6 is 0 Å². The number of ketones is 1. The van der Waals surface area contributed by atoms with Crippen LogP contribution in [0.2, 0.25) is 0 Å². The van der Waals surface area contributed by atoms with Gasteiger partial charge in [0.1, 0.15) is 0 Å². The van der Waals surface area contributed by atoms with Crippen LogP contribution in [0, 0.1) is 11.8 Å². The molecule has 2 amide bonds. The number of alkyl halides is 1. The van der Waals surface area contributed by atoms with Gasteiger partial charge >= 0.3 is 6.03 Å². The maximum absolute atomic E-state index is 13.1. The highest BCUT2D eigenvalue weighted by molar-refractivity contribution is 5.80. The predicted octanol–water partition coefficient (Wildman–Crippen LogP) is 4.13. The fourth-order valence-electron chi connectivity index (χ4n) is 3.66. The second-order valence-corrected chi connectivity index (χ2v) is 7.97. The van der Waals surface area contributed by atoms with E-state index in [1.807, 2.05) is 0 Å². The molecule has 4 nitrogen and oxygen atoms in total. The average Bonchev–Trinajstić information content (AvgIpc) is 3.18. The van der Waals surface area contributed by atoms with E-state index in [1.165, 1.54) is 19.8 Å². The van der Waals surface area contributed by atoms with E-state index in [0.29, 0.717) is 13.0 Å². The number of urea groups is 1. The minimum atomic E-state index is -1.30. The fourth-order valence-corrected chi connectivity index (χ4v) is 3.66. The number of carbonyl (C=O) groups is 2. The van der Waals surface area contributed by atoms with Crippen molar-refractivity contribution in [1.29, 1.82) is 0 Å². The van der Waals surface area contributed by atoms with Crippen LogP contribution in [-0.4, -0.2) is 30.1 Å². The molecule has 0 aliphatic heterocycles. The number of amides is 2. The largest absolute Gasteiger partial charge is 0.338 e. The third-order valence-electron chi connectivity index (χ3n) is 5.73. The Morgan fingerprint density at radius 2 is 1.88 bits per heavy atom. The van der Waals surface area contributed by atoms with Crippen molar-refractivity contribution < 1.29 is 14.0 Å². The van der Waals surface area contributed by atoms with Crippen molar-refractivity contribution in [1.82, 2.24) is 10.6 Å². The van der Waals surface area contributed by atoms with Crippen LogP contribution in [0.15, 0.2) is 0 Å². The second-order valence-electron chi connectivity index (χ2n) is 7.97. The van der Waals surface area contributed by atoms with Crippen molar-refractivity contribution in [3.8, 4) is 0 Å². The lowest BCUT2D eigenvalue weighted by atomic mass is 9.73. The van der Waals surface area contributed by atoms with Crippen LogP contribution in [0.25, 0.3) is 0 Å². The number of nitrogens with one attached hydrogen (secondary N) is 2. The SMILES string of the molecule is CC(=O)C(F)CCCCCCNC(=O)NC1(CC2C[C@@H]2C)CCC1. The van der Waals surface area contributed by atoms with Crippen LogP contribution in [0.4, 0.5) is 9.18 Å². The molecule has 2 saturated carbocycles. The summed E-state index contributed by atoms with van der Waals surface area (Å²) in [6.45, 7) is 4.25. The summed E-state index contributed by atoms with van der Waals surface area (Å²) in [4.78, 5) is 22.9. The molecule has 3 atom stereocenters. The van der Waals surface area contributed by atoms with E-state index < -0.39 is 6.17 Å². The number of hydrogen-bond acceptors (Lipinski definition) is 2. The fraction of sp³-hybridized carbons (Fsp3) is 0.895. The quantitative estimate of drug-likeness (QED) is 0.556. The molecule has 0 radical (unpaired) electrons. The van der Waals surface area contributed by atoms with E-state index in [1.54, 1.807) is 0 Å². The molecule has 0 aromatic rings. The molecule has 0 heterocycles. The third-order valence-corrected chi connectivity index (χ3v) is 5.73. The summed E-state index contributed by atoms with van der Waals surface area (Å²) >= 11 is 0. The van der Waals surface area contributed by atoms with Gasteiger partial charge in [-0.2, -0.15) is 0 Å². The molecule has 2 fully saturated rings. The van der Waals surface area contributed by atoms with Crippen molar-refractivity contribution in [2.24, 2.45) is 11.8 Å². The molecule has 0 aromatic heterocycles. The molecule has 2 aliphatic rings. The molecule has 0 aromatic carbocycles. The summed E-state index contributed by atoms with van der Waals surface area (Å²) in [5.74, 6) is 1.26. The Morgan fingerprint density at radius 3 is 2.42 bits per heavy atom. The van der Waals surface area contributed by atoms with Crippen molar-refractivity contribution in [3.63, 3.8) is 0 Å². The summed E-state index contributed by atoms with van der Waals surface area (Å²) in [5, 5.41) is 6.17. The van der Waals surface area contributed by atoms with Crippen LogP contribution in [-0.2, 0) is 4.79 Å². The highest BCUT2D eigenvalue weighted by Gasteiger charge is 2.45.